The van der Waals surface area contributed by atoms with E-state index >= 15 is 0 Å². The fourth-order valence-electron chi connectivity index (χ4n) is 2.05. The molecule has 88 valence electrons. The van der Waals surface area contributed by atoms with Gasteiger partial charge in [0, 0.05) is 12.6 Å². The van der Waals surface area contributed by atoms with Crippen LogP contribution in [0.15, 0.2) is 0 Å². The van der Waals surface area contributed by atoms with Crippen LogP contribution in [-0.2, 0) is 10.2 Å². The van der Waals surface area contributed by atoms with Crippen molar-refractivity contribution in [3.63, 3.8) is 0 Å². The minimum atomic E-state index is -3.49. The van der Waals surface area contributed by atoms with Gasteiger partial charge in [0.15, 0.2) is 0 Å². The lowest BCUT2D eigenvalue weighted by atomic mass is 9.92. The molecule has 1 aliphatic heterocycles. The van der Waals surface area contributed by atoms with Crippen LogP contribution in [-0.4, -0.2) is 38.4 Å². The molecule has 0 aromatic carbocycles. The normalized spacial score (nSPS) is 23.9. The summed E-state index contributed by atoms with van der Waals surface area (Å²) in [5.41, 5.74) is 0. The first-order valence-electron chi connectivity index (χ1n) is 5.57. The van der Waals surface area contributed by atoms with E-state index in [4.69, 9.17) is 5.14 Å². The van der Waals surface area contributed by atoms with Gasteiger partial charge in [-0.25, -0.2) is 5.14 Å². The van der Waals surface area contributed by atoms with Crippen molar-refractivity contribution in [3.05, 3.63) is 0 Å². The van der Waals surface area contributed by atoms with Crippen molar-refractivity contribution in [2.24, 2.45) is 11.1 Å². The largest absolute Gasteiger partial charge is 0.316 e. The van der Waals surface area contributed by atoms with Gasteiger partial charge in [0.2, 0.25) is 0 Å². The third-order valence-electron chi connectivity index (χ3n) is 3.43. The maximum absolute atomic E-state index is 11.4. The minimum Gasteiger partial charge on any atom is -0.316 e. The van der Waals surface area contributed by atoms with Gasteiger partial charge >= 0.3 is 0 Å². The maximum atomic E-state index is 11.4. The molecule has 1 saturated carbocycles. The van der Waals surface area contributed by atoms with Crippen LogP contribution in [0.1, 0.15) is 25.7 Å². The van der Waals surface area contributed by atoms with Crippen LogP contribution in [0.5, 0.6) is 0 Å². The first-order valence-corrected chi connectivity index (χ1v) is 7.08. The Labute approximate surface area is 91.2 Å². The molecule has 1 saturated heterocycles. The number of rotatable bonds is 5. The van der Waals surface area contributed by atoms with E-state index in [1.807, 2.05) is 0 Å². The predicted octanol–water partition coefficient (Wildman–Crippen LogP) is -0.346. The van der Waals surface area contributed by atoms with Crippen molar-refractivity contribution >= 4 is 10.2 Å². The molecule has 1 aliphatic carbocycles. The molecule has 6 heteroatoms. The van der Waals surface area contributed by atoms with Gasteiger partial charge in [-0.3, -0.25) is 0 Å². The first-order chi connectivity index (χ1) is 7.07. The highest BCUT2D eigenvalue weighted by molar-refractivity contribution is 7.86. The molecule has 2 aliphatic rings. The summed E-state index contributed by atoms with van der Waals surface area (Å²) in [5.74, 6) is 0.634. The zero-order valence-corrected chi connectivity index (χ0v) is 9.67. The molecule has 0 unspecified atom stereocenters. The van der Waals surface area contributed by atoms with Gasteiger partial charge in [-0.15, -0.1) is 0 Å². The van der Waals surface area contributed by atoms with Crippen LogP contribution < -0.4 is 10.5 Å². The van der Waals surface area contributed by atoms with Gasteiger partial charge in [-0.2, -0.15) is 12.7 Å². The Balaban J connectivity index is 1.86. The van der Waals surface area contributed by atoms with E-state index in [9.17, 15) is 8.42 Å². The number of nitrogens with one attached hydrogen (secondary N) is 1. The third kappa shape index (κ3) is 2.69. The minimum absolute atomic E-state index is 0.174. The third-order valence-corrected chi connectivity index (χ3v) is 4.57. The van der Waals surface area contributed by atoms with Crippen molar-refractivity contribution in [1.82, 2.24) is 9.62 Å². The highest BCUT2D eigenvalue weighted by Gasteiger charge is 2.32. The van der Waals surface area contributed by atoms with Crippen molar-refractivity contribution in [2.45, 2.75) is 31.7 Å². The van der Waals surface area contributed by atoms with Crippen molar-refractivity contribution in [2.75, 3.05) is 19.6 Å². The number of nitrogens with zero attached hydrogens (tertiary/aromatic N) is 1. The molecule has 1 heterocycles. The van der Waals surface area contributed by atoms with Crippen LogP contribution in [0, 0.1) is 5.92 Å². The van der Waals surface area contributed by atoms with E-state index in [1.165, 1.54) is 4.31 Å². The molecule has 5 nitrogen and oxygen atoms in total. The second kappa shape index (κ2) is 4.37. The lowest BCUT2D eigenvalue weighted by Crippen LogP contribution is -2.50. The zero-order valence-electron chi connectivity index (χ0n) is 8.85. The summed E-state index contributed by atoms with van der Waals surface area (Å²) in [4.78, 5) is 0. The Kier molecular flexibility index (Phi) is 3.30. The second-order valence-corrected chi connectivity index (χ2v) is 6.05. The SMILES string of the molecule is NS(=O)(=O)N(CCC1CNC1)C1CCC1. The van der Waals surface area contributed by atoms with Crippen LogP contribution >= 0.6 is 0 Å². The molecule has 0 aromatic rings. The average molecular weight is 233 g/mol. The van der Waals surface area contributed by atoms with E-state index in [0.717, 1.165) is 38.8 Å². The molecule has 0 radical (unpaired) electrons. The lowest BCUT2D eigenvalue weighted by Gasteiger charge is -2.37. The standard InChI is InChI=1S/C9H19N3O2S/c10-15(13,14)12(9-2-1-3-9)5-4-8-6-11-7-8/h8-9,11H,1-7H2,(H2,10,13,14). The molecular weight excluding hydrogens is 214 g/mol. The molecule has 0 amide bonds. The van der Waals surface area contributed by atoms with Gasteiger partial charge in [0.1, 0.15) is 0 Å². The van der Waals surface area contributed by atoms with E-state index in [2.05, 4.69) is 5.32 Å². The van der Waals surface area contributed by atoms with Gasteiger partial charge in [-0.05, 0) is 38.3 Å². The number of nitrogens with two attached hydrogens (primary N) is 1. The Morgan fingerprint density at radius 3 is 2.33 bits per heavy atom. The van der Waals surface area contributed by atoms with Crippen molar-refractivity contribution < 1.29 is 8.42 Å². The molecule has 3 N–H and O–H groups in total. The Bertz CT molecular complexity index is 309. The molecule has 0 atom stereocenters. The summed E-state index contributed by atoms with van der Waals surface area (Å²) in [6.45, 7) is 2.63. The van der Waals surface area contributed by atoms with E-state index in [1.54, 1.807) is 0 Å². The molecule has 0 aromatic heterocycles. The van der Waals surface area contributed by atoms with E-state index in [0.29, 0.717) is 12.5 Å². The monoisotopic (exact) mass is 233 g/mol. The maximum Gasteiger partial charge on any atom is 0.277 e. The highest BCUT2D eigenvalue weighted by Crippen LogP contribution is 2.26. The Morgan fingerprint density at radius 1 is 1.33 bits per heavy atom. The molecule has 2 rings (SSSR count). The second-order valence-electron chi connectivity index (χ2n) is 4.55. The Morgan fingerprint density at radius 2 is 2.00 bits per heavy atom. The summed E-state index contributed by atoms with van der Waals surface area (Å²) in [6.07, 6.45) is 4.00. The highest BCUT2D eigenvalue weighted by atomic mass is 32.2. The lowest BCUT2D eigenvalue weighted by molar-refractivity contribution is 0.197. The van der Waals surface area contributed by atoms with Gasteiger partial charge in [-0.1, -0.05) is 6.42 Å². The topological polar surface area (TPSA) is 75.4 Å². The number of hydrogen-bond acceptors (Lipinski definition) is 3. The van der Waals surface area contributed by atoms with Gasteiger partial charge in [0.05, 0.1) is 0 Å². The summed E-state index contributed by atoms with van der Waals surface area (Å²) in [6, 6.07) is 0.174. The summed E-state index contributed by atoms with van der Waals surface area (Å²) in [7, 11) is -3.49. The smallest absolute Gasteiger partial charge is 0.277 e. The van der Waals surface area contributed by atoms with Crippen LogP contribution in [0.4, 0.5) is 0 Å². The van der Waals surface area contributed by atoms with Crippen LogP contribution in [0.25, 0.3) is 0 Å². The van der Waals surface area contributed by atoms with Crippen molar-refractivity contribution in [1.29, 1.82) is 0 Å². The average Bonchev–Trinajstić information content (AvgIpc) is 1.93. The van der Waals surface area contributed by atoms with Crippen molar-refractivity contribution in [3.8, 4) is 0 Å². The van der Waals surface area contributed by atoms with Crippen LogP contribution in [0.2, 0.25) is 0 Å². The summed E-state index contributed by atoms with van der Waals surface area (Å²) < 4.78 is 24.2. The fraction of sp³-hybridized carbons (Fsp3) is 1.00. The summed E-state index contributed by atoms with van der Waals surface area (Å²) in [5, 5.41) is 8.40. The molecular formula is C9H19N3O2S. The summed E-state index contributed by atoms with van der Waals surface area (Å²) >= 11 is 0. The quantitative estimate of drug-likeness (QED) is 0.682. The van der Waals surface area contributed by atoms with Crippen LogP contribution in [0.3, 0.4) is 0 Å². The molecule has 15 heavy (non-hydrogen) atoms. The molecule has 0 bridgehead atoms. The van der Waals surface area contributed by atoms with E-state index < -0.39 is 10.2 Å². The molecule has 2 fully saturated rings. The van der Waals surface area contributed by atoms with E-state index in [-0.39, 0.29) is 6.04 Å². The first kappa shape index (κ1) is 11.3. The fourth-order valence-corrected chi connectivity index (χ4v) is 3.04. The van der Waals surface area contributed by atoms with Gasteiger partial charge < -0.3 is 5.32 Å². The predicted molar refractivity (Wildman–Crippen MR) is 58.4 cm³/mol. The van der Waals surface area contributed by atoms with Gasteiger partial charge in [0.25, 0.3) is 10.2 Å². The molecule has 0 spiro atoms. The Hall–Kier alpha value is -0.170. The zero-order chi connectivity index (χ0) is 10.9. The number of hydrogen-bond donors (Lipinski definition) is 2.